The van der Waals surface area contributed by atoms with Crippen molar-refractivity contribution in [3.63, 3.8) is 0 Å². The fraction of sp³-hybridized carbons (Fsp3) is 1.00. The van der Waals surface area contributed by atoms with E-state index in [1.165, 1.54) is 0 Å². The maximum absolute atomic E-state index is 5.77. The van der Waals surface area contributed by atoms with Crippen LogP contribution in [0, 0.1) is 0 Å². The normalized spacial score (nSPS) is 33.1. The van der Waals surface area contributed by atoms with Crippen LogP contribution in [0.25, 0.3) is 0 Å². The summed E-state index contributed by atoms with van der Waals surface area (Å²) in [6.07, 6.45) is 0.697. The minimum atomic E-state index is -0.389. The molecular weight excluding hydrogens is 195 g/mol. The van der Waals surface area contributed by atoms with Crippen LogP contribution in [0.15, 0.2) is 0 Å². The Kier molecular flexibility index (Phi) is 5.60. The zero-order valence-electron chi connectivity index (χ0n) is 9.64. The van der Waals surface area contributed by atoms with Crippen molar-refractivity contribution < 1.29 is 18.9 Å². The Morgan fingerprint density at radius 2 is 2.20 bits per heavy atom. The van der Waals surface area contributed by atoms with Crippen LogP contribution in [0.2, 0.25) is 0 Å². The highest BCUT2D eigenvalue weighted by atomic mass is 16.6. The van der Waals surface area contributed by atoms with Crippen molar-refractivity contribution in [2.24, 2.45) is 0 Å². The largest absolute Gasteiger partial charge is 0.385 e. The molecule has 4 atom stereocenters. The monoisotopic (exact) mass is 214 g/mol. The van der Waals surface area contributed by atoms with Crippen LogP contribution >= 0.6 is 0 Å². The van der Waals surface area contributed by atoms with Crippen molar-refractivity contribution in [3.05, 3.63) is 0 Å². The predicted octanol–water partition coefficient (Wildman–Crippen LogP) is 0.336. The summed E-state index contributed by atoms with van der Waals surface area (Å²) < 4.78 is 21.3. The van der Waals surface area contributed by atoms with E-state index >= 15 is 0 Å². The number of hydrogen-bond donors (Lipinski definition) is 0. The molecule has 4 nitrogen and oxygen atoms in total. The summed E-state index contributed by atoms with van der Waals surface area (Å²) in [5.74, 6) is 0. The van der Waals surface area contributed by atoms with Gasteiger partial charge in [0.25, 0.3) is 0 Å². The average Bonchev–Trinajstić information content (AvgIpc) is 2.57. The summed E-state index contributed by atoms with van der Waals surface area (Å²) in [4.78, 5) is 0. The fourth-order valence-corrected chi connectivity index (χ4v) is 1.59. The van der Waals surface area contributed by atoms with Crippen LogP contribution in [-0.2, 0) is 18.9 Å². The molecule has 1 fully saturated rings. The Balaban J connectivity index is 2.34. The van der Waals surface area contributed by atoms with Crippen molar-refractivity contribution in [1.29, 1.82) is 0 Å². The molecule has 0 bridgehead atoms. The Hall–Kier alpha value is -0.0951. The lowest BCUT2D eigenvalue weighted by Crippen LogP contribution is -2.37. The van der Waals surface area contributed by atoms with Gasteiger partial charge in [0.05, 0.1) is 12.7 Å². The molecule has 0 aromatic carbocycles. The molecule has 2 radical (unpaired) electrons. The molecule has 0 saturated carbocycles. The molecule has 0 amide bonds. The van der Waals surface area contributed by atoms with Crippen LogP contribution in [0.5, 0.6) is 0 Å². The summed E-state index contributed by atoms with van der Waals surface area (Å²) in [5, 5.41) is 0. The van der Waals surface area contributed by atoms with Gasteiger partial charge in [-0.15, -0.1) is 0 Å². The van der Waals surface area contributed by atoms with Gasteiger partial charge in [-0.3, -0.25) is 0 Å². The minimum absolute atomic E-state index is 0.0648. The van der Waals surface area contributed by atoms with Crippen molar-refractivity contribution in [2.75, 3.05) is 27.4 Å². The summed E-state index contributed by atoms with van der Waals surface area (Å²) in [6, 6.07) is -0.389. The molecule has 1 saturated heterocycles. The van der Waals surface area contributed by atoms with Crippen molar-refractivity contribution in [3.8, 4) is 0 Å². The summed E-state index contributed by atoms with van der Waals surface area (Å²) in [5.41, 5.74) is 0. The van der Waals surface area contributed by atoms with Gasteiger partial charge in [-0.2, -0.15) is 0 Å². The fourth-order valence-electron chi connectivity index (χ4n) is 1.59. The average molecular weight is 214 g/mol. The van der Waals surface area contributed by atoms with Crippen molar-refractivity contribution >= 4 is 7.85 Å². The molecule has 0 aromatic heterocycles. The zero-order valence-corrected chi connectivity index (χ0v) is 9.64. The molecule has 2 unspecified atom stereocenters. The van der Waals surface area contributed by atoms with E-state index in [2.05, 4.69) is 0 Å². The lowest BCUT2D eigenvalue weighted by atomic mass is 9.93. The molecule has 1 aliphatic rings. The predicted molar refractivity (Wildman–Crippen MR) is 57.1 cm³/mol. The lowest BCUT2D eigenvalue weighted by Gasteiger charge is -2.24. The molecule has 0 aliphatic carbocycles. The molecular formula is C10H19BO4. The third-order valence-corrected chi connectivity index (χ3v) is 2.56. The van der Waals surface area contributed by atoms with Crippen molar-refractivity contribution in [1.82, 2.24) is 0 Å². The van der Waals surface area contributed by atoms with Crippen LogP contribution in [0.1, 0.15) is 13.3 Å². The van der Waals surface area contributed by atoms with E-state index in [9.17, 15) is 0 Å². The second-order valence-electron chi connectivity index (χ2n) is 3.76. The zero-order chi connectivity index (χ0) is 11.3. The molecule has 5 heteroatoms. The first-order valence-electron chi connectivity index (χ1n) is 5.23. The molecule has 0 aromatic rings. The van der Waals surface area contributed by atoms with Gasteiger partial charge >= 0.3 is 0 Å². The van der Waals surface area contributed by atoms with Crippen molar-refractivity contribution in [2.45, 2.75) is 37.7 Å². The van der Waals surface area contributed by atoms with E-state index < -0.39 is 0 Å². The molecule has 0 N–H and O–H groups in total. The Bertz CT molecular complexity index is 179. The molecule has 86 valence electrons. The van der Waals surface area contributed by atoms with Crippen LogP contribution in [0.3, 0.4) is 0 Å². The molecule has 1 heterocycles. The quantitative estimate of drug-likeness (QED) is 0.597. The molecule has 15 heavy (non-hydrogen) atoms. The van der Waals surface area contributed by atoms with Gasteiger partial charge in [0.15, 0.2) is 0 Å². The second-order valence-corrected chi connectivity index (χ2v) is 3.76. The van der Waals surface area contributed by atoms with Crippen LogP contribution in [0.4, 0.5) is 0 Å². The smallest absolute Gasteiger partial charge is 0.112 e. The first kappa shape index (κ1) is 13.0. The first-order chi connectivity index (χ1) is 7.19. The number of ether oxygens (including phenoxy) is 4. The summed E-state index contributed by atoms with van der Waals surface area (Å²) in [6.45, 7) is 3.18. The van der Waals surface area contributed by atoms with Gasteiger partial charge in [-0.05, 0) is 13.3 Å². The highest BCUT2D eigenvalue weighted by molar-refractivity contribution is 6.11. The van der Waals surface area contributed by atoms with Crippen LogP contribution in [-0.4, -0.2) is 59.6 Å². The van der Waals surface area contributed by atoms with Gasteiger partial charge < -0.3 is 18.9 Å². The van der Waals surface area contributed by atoms with E-state index in [0.717, 1.165) is 6.42 Å². The maximum Gasteiger partial charge on any atom is 0.112 e. The van der Waals surface area contributed by atoms with Gasteiger partial charge in [0, 0.05) is 26.8 Å². The van der Waals surface area contributed by atoms with Gasteiger partial charge in [0.2, 0.25) is 0 Å². The Labute approximate surface area is 92.6 Å². The highest BCUT2D eigenvalue weighted by Crippen LogP contribution is 2.20. The van der Waals surface area contributed by atoms with E-state index in [1.807, 2.05) is 6.92 Å². The molecule has 1 rings (SSSR count). The molecule has 1 aliphatic heterocycles. The number of methoxy groups -OCH3 is 2. The standard InChI is InChI=1S/C10H19BO4/c1-7(4-5-12-2)15-9-8(13-3)6-14-10(9)11/h7-10H,4-6H2,1-3H3/t7?,8-,9?,10+/m0/s1. The SMILES string of the molecule is [B][C@@H]1OC[C@H](OC)C1OC(C)CCOC. The van der Waals surface area contributed by atoms with E-state index in [-0.39, 0.29) is 24.3 Å². The number of hydrogen-bond acceptors (Lipinski definition) is 4. The minimum Gasteiger partial charge on any atom is -0.385 e. The van der Waals surface area contributed by atoms with Crippen LogP contribution < -0.4 is 0 Å². The molecule has 0 spiro atoms. The van der Waals surface area contributed by atoms with E-state index in [1.54, 1.807) is 14.2 Å². The van der Waals surface area contributed by atoms with Gasteiger partial charge in [-0.25, -0.2) is 0 Å². The van der Waals surface area contributed by atoms with E-state index in [0.29, 0.717) is 13.2 Å². The van der Waals surface area contributed by atoms with E-state index in [4.69, 9.17) is 26.8 Å². The summed E-state index contributed by atoms with van der Waals surface area (Å²) in [7, 11) is 9.08. The topological polar surface area (TPSA) is 36.9 Å². The Morgan fingerprint density at radius 1 is 1.47 bits per heavy atom. The lowest BCUT2D eigenvalue weighted by molar-refractivity contribution is -0.0736. The number of rotatable bonds is 6. The second kappa shape index (κ2) is 6.48. The summed E-state index contributed by atoms with van der Waals surface area (Å²) >= 11 is 0. The maximum atomic E-state index is 5.77. The third-order valence-electron chi connectivity index (χ3n) is 2.56. The highest BCUT2D eigenvalue weighted by Gasteiger charge is 2.35. The van der Waals surface area contributed by atoms with Gasteiger partial charge in [-0.1, -0.05) is 0 Å². The third kappa shape index (κ3) is 3.76. The Morgan fingerprint density at radius 3 is 2.80 bits per heavy atom. The van der Waals surface area contributed by atoms with Gasteiger partial charge in [0.1, 0.15) is 20.1 Å². The first-order valence-corrected chi connectivity index (χ1v) is 5.23.